The third-order valence-electron chi connectivity index (χ3n) is 4.46. The average Bonchev–Trinajstić information content (AvgIpc) is 2.66. The van der Waals surface area contributed by atoms with Crippen molar-refractivity contribution in [2.45, 2.75) is 32.1 Å². The van der Waals surface area contributed by atoms with Crippen LogP contribution in [0.3, 0.4) is 0 Å². The molecule has 0 aliphatic heterocycles. The molecule has 0 heterocycles. The molecule has 0 amide bonds. The number of nitrogens with zero attached hydrogens (tertiary/aromatic N) is 1. The van der Waals surface area contributed by atoms with Crippen LogP contribution in [0.5, 0.6) is 0 Å². The molecule has 2 aromatic carbocycles. The van der Waals surface area contributed by atoms with E-state index in [9.17, 15) is 10.1 Å². The minimum absolute atomic E-state index is 0.116. The summed E-state index contributed by atoms with van der Waals surface area (Å²) in [6.07, 6.45) is 1.18. The summed E-state index contributed by atoms with van der Waals surface area (Å²) >= 11 is 0. The minimum Gasteiger partial charge on any atom is -0.465 e. The average molecular weight is 321 g/mol. The van der Waals surface area contributed by atoms with E-state index in [1.807, 2.05) is 74.5 Å². The van der Waals surface area contributed by atoms with Gasteiger partial charge in [-0.25, -0.2) is 0 Å². The molecule has 0 spiro atoms. The van der Waals surface area contributed by atoms with E-state index in [4.69, 9.17) is 4.74 Å². The fraction of sp³-hybridized carbons (Fsp3) is 0.333. The molecule has 0 aliphatic carbocycles. The van der Waals surface area contributed by atoms with Crippen LogP contribution in [0.25, 0.3) is 0 Å². The van der Waals surface area contributed by atoms with Gasteiger partial charge >= 0.3 is 5.97 Å². The summed E-state index contributed by atoms with van der Waals surface area (Å²) in [4.78, 5) is 11.9. The van der Waals surface area contributed by atoms with E-state index >= 15 is 0 Å². The van der Waals surface area contributed by atoms with Crippen molar-refractivity contribution in [1.29, 1.82) is 5.26 Å². The zero-order valence-corrected chi connectivity index (χ0v) is 14.2. The lowest BCUT2D eigenvalue weighted by Gasteiger charge is -2.28. The summed E-state index contributed by atoms with van der Waals surface area (Å²) < 4.78 is 5.40. The van der Waals surface area contributed by atoms with Crippen LogP contribution in [-0.4, -0.2) is 12.6 Å². The van der Waals surface area contributed by atoms with Gasteiger partial charge < -0.3 is 4.74 Å². The predicted octanol–water partition coefficient (Wildman–Crippen LogP) is 4.48. The Bertz CT molecular complexity index is 649. The van der Waals surface area contributed by atoms with Crippen LogP contribution >= 0.6 is 0 Å². The molecule has 0 fully saturated rings. The van der Waals surface area contributed by atoms with Crippen molar-refractivity contribution in [3.63, 3.8) is 0 Å². The molecule has 24 heavy (non-hydrogen) atoms. The minimum atomic E-state index is -0.821. The maximum absolute atomic E-state index is 11.9. The molecule has 0 saturated carbocycles. The van der Waals surface area contributed by atoms with Gasteiger partial charge in [0.05, 0.1) is 18.6 Å². The molecule has 0 aromatic heterocycles. The number of benzene rings is 2. The Morgan fingerprint density at radius 3 is 2.00 bits per heavy atom. The van der Waals surface area contributed by atoms with Gasteiger partial charge in [-0.2, -0.15) is 5.26 Å². The van der Waals surface area contributed by atoms with Gasteiger partial charge in [0.25, 0.3) is 0 Å². The van der Waals surface area contributed by atoms with Gasteiger partial charge in [-0.3, -0.25) is 4.79 Å². The Morgan fingerprint density at radius 1 is 1.08 bits per heavy atom. The van der Waals surface area contributed by atoms with Gasteiger partial charge in [-0.05, 0) is 17.5 Å². The van der Waals surface area contributed by atoms with E-state index in [2.05, 4.69) is 6.07 Å². The molecule has 0 bridgehead atoms. The molecule has 2 rings (SSSR count). The maximum atomic E-state index is 11.9. The van der Waals surface area contributed by atoms with Crippen molar-refractivity contribution >= 4 is 5.97 Å². The fourth-order valence-electron chi connectivity index (χ4n) is 2.70. The van der Waals surface area contributed by atoms with E-state index < -0.39 is 5.41 Å². The molecule has 1 unspecified atom stereocenters. The largest absolute Gasteiger partial charge is 0.465 e. The first kappa shape index (κ1) is 17.7. The van der Waals surface area contributed by atoms with Gasteiger partial charge in [0.15, 0.2) is 0 Å². The van der Waals surface area contributed by atoms with E-state index in [1.165, 1.54) is 0 Å². The Kier molecular flexibility index (Phi) is 6.14. The summed E-state index contributed by atoms with van der Waals surface area (Å²) in [5.41, 5.74) is 1.01. The second-order valence-corrected chi connectivity index (χ2v) is 5.98. The summed E-state index contributed by atoms with van der Waals surface area (Å²) in [5, 5.41) is 10.0. The first-order valence-corrected chi connectivity index (χ1v) is 8.33. The predicted molar refractivity (Wildman–Crippen MR) is 94.3 cm³/mol. The lowest BCUT2D eigenvalue weighted by atomic mass is 9.73. The smallest absolute Gasteiger partial charge is 0.308 e. The molecule has 2 aromatic rings. The molecule has 0 N–H and O–H groups in total. The highest BCUT2D eigenvalue weighted by Crippen LogP contribution is 2.35. The van der Waals surface area contributed by atoms with E-state index in [-0.39, 0.29) is 18.5 Å². The van der Waals surface area contributed by atoms with Crippen LogP contribution in [0, 0.1) is 17.2 Å². The monoisotopic (exact) mass is 321 g/mol. The summed E-state index contributed by atoms with van der Waals surface area (Å²) in [7, 11) is 0. The second kappa shape index (κ2) is 8.31. The number of carbonyl (C=O) groups excluding carboxylic acids is 1. The molecule has 3 nitrogen and oxygen atoms in total. The summed E-state index contributed by atoms with van der Waals surface area (Å²) in [5.74, 6) is -0.319. The zero-order chi connectivity index (χ0) is 17.4. The summed E-state index contributed by atoms with van der Waals surface area (Å²) in [6, 6.07) is 21.8. The highest BCUT2D eigenvalue weighted by molar-refractivity contribution is 5.71. The van der Waals surface area contributed by atoms with Crippen molar-refractivity contribution in [2.24, 2.45) is 5.92 Å². The van der Waals surface area contributed by atoms with Gasteiger partial charge in [0.1, 0.15) is 5.41 Å². The van der Waals surface area contributed by atoms with Crippen LogP contribution in [-0.2, 0) is 14.9 Å². The highest BCUT2D eigenvalue weighted by atomic mass is 16.5. The quantitative estimate of drug-likeness (QED) is 0.707. The first-order valence-electron chi connectivity index (χ1n) is 8.33. The third kappa shape index (κ3) is 3.83. The molecule has 1 atom stereocenters. The van der Waals surface area contributed by atoms with Gasteiger partial charge in [-0.1, -0.05) is 74.5 Å². The Labute approximate surface area is 143 Å². The standard InChI is InChI=1S/C21H23NO2/c1-3-17(2)20(23)24-15-14-21(16-22,18-10-6-4-7-11-18)19-12-8-5-9-13-19/h4-13,17H,3,14-15H2,1-2H3. The molecule has 3 heteroatoms. The van der Waals surface area contributed by atoms with Crippen LogP contribution in [0.4, 0.5) is 0 Å². The third-order valence-corrected chi connectivity index (χ3v) is 4.46. The number of ether oxygens (including phenoxy) is 1. The first-order chi connectivity index (χ1) is 11.6. The maximum Gasteiger partial charge on any atom is 0.308 e. The molecule has 124 valence electrons. The number of hydrogen-bond donors (Lipinski definition) is 0. The fourth-order valence-corrected chi connectivity index (χ4v) is 2.70. The Hall–Kier alpha value is -2.60. The van der Waals surface area contributed by atoms with Crippen LogP contribution in [0.2, 0.25) is 0 Å². The second-order valence-electron chi connectivity index (χ2n) is 5.98. The normalized spacial score (nSPS) is 12.2. The van der Waals surface area contributed by atoms with E-state index in [1.54, 1.807) is 0 Å². The SMILES string of the molecule is CCC(C)C(=O)OCCC(C#N)(c1ccccc1)c1ccccc1. The van der Waals surface area contributed by atoms with Crippen molar-refractivity contribution < 1.29 is 9.53 Å². The summed E-state index contributed by atoms with van der Waals surface area (Å²) in [6.45, 7) is 4.04. The Balaban J connectivity index is 2.28. The molecular formula is C21H23NO2. The van der Waals surface area contributed by atoms with Gasteiger partial charge in [0, 0.05) is 6.42 Å². The topological polar surface area (TPSA) is 50.1 Å². The molecule has 0 radical (unpaired) electrons. The lowest BCUT2D eigenvalue weighted by Crippen LogP contribution is -2.29. The molecule has 0 saturated heterocycles. The van der Waals surface area contributed by atoms with Gasteiger partial charge in [-0.15, -0.1) is 0 Å². The van der Waals surface area contributed by atoms with Crippen LogP contribution in [0.15, 0.2) is 60.7 Å². The number of hydrogen-bond acceptors (Lipinski definition) is 3. The number of esters is 1. The van der Waals surface area contributed by atoms with Crippen molar-refractivity contribution in [2.75, 3.05) is 6.61 Å². The zero-order valence-electron chi connectivity index (χ0n) is 14.2. The number of nitriles is 1. The lowest BCUT2D eigenvalue weighted by molar-refractivity contribution is -0.148. The molecule has 0 aliphatic rings. The van der Waals surface area contributed by atoms with Crippen molar-refractivity contribution in [3.8, 4) is 6.07 Å². The number of carbonyl (C=O) groups is 1. The van der Waals surface area contributed by atoms with E-state index in [0.717, 1.165) is 17.5 Å². The van der Waals surface area contributed by atoms with Crippen LogP contribution < -0.4 is 0 Å². The molecular weight excluding hydrogens is 298 g/mol. The van der Waals surface area contributed by atoms with Crippen molar-refractivity contribution in [3.05, 3.63) is 71.8 Å². The van der Waals surface area contributed by atoms with Crippen LogP contribution in [0.1, 0.15) is 37.8 Å². The van der Waals surface area contributed by atoms with Crippen molar-refractivity contribution in [1.82, 2.24) is 0 Å². The van der Waals surface area contributed by atoms with Gasteiger partial charge in [0.2, 0.25) is 0 Å². The van der Waals surface area contributed by atoms with E-state index in [0.29, 0.717) is 6.42 Å². The number of rotatable bonds is 7. The Morgan fingerprint density at radius 2 is 1.58 bits per heavy atom. The highest BCUT2D eigenvalue weighted by Gasteiger charge is 2.34.